The molecule has 0 aromatic carbocycles. The summed E-state index contributed by atoms with van der Waals surface area (Å²) in [5.41, 5.74) is 0.586. The van der Waals surface area contributed by atoms with Gasteiger partial charge in [-0.3, -0.25) is 9.48 Å². The van der Waals surface area contributed by atoms with Crippen molar-refractivity contribution in [1.29, 1.82) is 0 Å². The first-order valence-electron chi connectivity index (χ1n) is 9.25. The van der Waals surface area contributed by atoms with Gasteiger partial charge in [0.1, 0.15) is 0 Å². The number of carbonyl (C=O) groups is 1. The molecule has 0 N–H and O–H groups in total. The fourth-order valence-electron chi connectivity index (χ4n) is 4.20. The number of sulfonamides is 1. The lowest BCUT2D eigenvalue weighted by Gasteiger charge is -2.25. The first kappa shape index (κ1) is 19.1. The summed E-state index contributed by atoms with van der Waals surface area (Å²) in [6.07, 6.45) is 0. The molecule has 0 spiro atoms. The number of hydrogen-bond acceptors (Lipinski definition) is 7. The lowest BCUT2D eigenvalue weighted by Crippen LogP contribution is -2.41. The molecule has 11 heteroatoms. The number of carbonyl (C=O) groups excluding carboxylic acids is 1. The monoisotopic (exact) mass is 408 g/mol. The highest BCUT2D eigenvalue weighted by molar-refractivity contribution is 7.89. The van der Waals surface area contributed by atoms with Crippen molar-refractivity contribution < 1.29 is 17.7 Å². The molecule has 2 aliphatic heterocycles. The van der Waals surface area contributed by atoms with Crippen molar-refractivity contribution in [2.24, 2.45) is 13.0 Å². The molecule has 2 aromatic heterocycles. The van der Waals surface area contributed by atoms with Crippen LogP contribution >= 0.6 is 0 Å². The van der Waals surface area contributed by atoms with Crippen molar-refractivity contribution in [2.75, 3.05) is 31.9 Å². The second kappa shape index (κ2) is 6.38. The number of amides is 1. The normalized spacial score (nSPS) is 25.4. The van der Waals surface area contributed by atoms with Crippen molar-refractivity contribution in [3.63, 3.8) is 0 Å². The van der Waals surface area contributed by atoms with E-state index in [1.165, 1.54) is 4.31 Å². The molecule has 0 unspecified atom stereocenters. The Balaban J connectivity index is 1.67. The maximum atomic E-state index is 13.0. The van der Waals surface area contributed by atoms with Crippen LogP contribution in [0.15, 0.2) is 10.6 Å². The van der Waals surface area contributed by atoms with Crippen LogP contribution in [-0.4, -0.2) is 75.4 Å². The summed E-state index contributed by atoms with van der Waals surface area (Å²) < 4.78 is 33.5. The van der Waals surface area contributed by atoms with Crippen LogP contribution < -0.4 is 0 Å². The first-order chi connectivity index (χ1) is 13.2. The van der Waals surface area contributed by atoms with Gasteiger partial charge in [-0.15, -0.1) is 0 Å². The standard InChI is InChI=1S/C17H24N6O4S/c1-5-28(25,26)23-8-13-7-22(15(24)14-6-11(2)21(4)19-14)9-17(13,10-23)16-18-12(3)20-27-16/h6,13H,5,7-10H2,1-4H3/t13-,17-/m0/s1. The maximum Gasteiger partial charge on any atom is 0.274 e. The SMILES string of the molecule is CCS(=O)(=O)N1C[C@@H]2CN(C(=O)c3cc(C)n(C)n3)C[C@]2(c2nc(C)no2)C1. The maximum absolute atomic E-state index is 13.0. The Hall–Kier alpha value is -2.27. The van der Waals surface area contributed by atoms with E-state index in [1.807, 2.05) is 6.92 Å². The Labute approximate surface area is 163 Å². The molecule has 2 atom stereocenters. The number of fused-ring (bicyclic) bond motifs is 1. The molecule has 0 radical (unpaired) electrons. The average Bonchev–Trinajstić information content (AvgIpc) is 3.37. The van der Waals surface area contributed by atoms with E-state index >= 15 is 0 Å². The van der Waals surface area contributed by atoms with E-state index in [0.29, 0.717) is 37.0 Å². The summed E-state index contributed by atoms with van der Waals surface area (Å²) >= 11 is 0. The molecule has 2 aliphatic rings. The lowest BCUT2D eigenvalue weighted by atomic mass is 9.81. The zero-order valence-electron chi connectivity index (χ0n) is 16.4. The molecule has 28 heavy (non-hydrogen) atoms. The molecule has 4 heterocycles. The van der Waals surface area contributed by atoms with Gasteiger partial charge in [-0.05, 0) is 26.8 Å². The van der Waals surface area contributed by atoms with Gasteiger partial charge in [-0.2, -0.15) is 10.1 Å². The van der Waals surface area contributed by atoms with Crippen LogP contribution in [0.4, 0.5) is 0 Å². The lowest BCUT2D eigenvalue weighted by molar-refractivity contribution is 0.0766. The molecular formula is C17H24N6O4S. The Morgan fingerprint density at radius 3 is 2.64 bits per heavy atom. The third-order valence-electron chi connectivity index (χ3n) is 5.91. The van der Waals surface area contributed by atoms with Gasteiger partial charge in [0.05, 0.1) is 11.2 Å². The summed E-state index contributed by atoms with van der Waals surface area (Å²) in [4.78, 5) is 19.1. The Kier molecular flexibility index (Phi) is 4.34. The number of aryl methyl sites for hydroxylation is 3. The third-order valence-corrected chi connectivity index (χ3v) is 7.70. The minimum atomic E-state index is -3.35. The Bertz CT molecular complexity index is 1010. The molecule has 0 aliphatic carbocycles. The summed E-state index contributed by atoms with van der Waals surface area (Å²) in [7, 11) is -1.55. The third kappa shape index (κ3) is 2.84. The van der Waals surface area contributed by atoms with Gasteiger partial charge >= 0.3 is 0 Å². The van der Waals surface area contributed by atoms with E-state index in [2.05, 4.69) is 15.2 Å². The Morgan fingerprint density at radius 2 is 2.07 bits per heavy atom. The van der Waals surface area contributed by atoms with Crippen LogP contribution in [0, 0.1) is 19.8 Å². The summed E-state index contributed by atoms with van der Waals surface area (Å²) in [6.45, 7) is 6.56. The van der Waals surface area contributed by atoms with Crippen molar-refractivity contribution in [3.05, 3.63) is 29.2 Å². The smallest absolute Gasteiger partial charge is 0.274 e. The van der Waals surface area contributed by atoms with Gasteiger partial charge in [0.2, 0.25) is 15.9 Å². The number of rotatable bonds is 4. The highest BCUT2D eigenvalue weighted by atomic mass is 32.2. The van der Waals surface area contributed by atoms with Gasteiger partial charge in [0.25, 0.3) is 5.91 Å². The van der Waals surface area contributed by atoms with Gasteiger partial charge < -0.3 is 9.42 Å². The Morgan fingerprint density at radius 1 is 1.32 bits per heavy atom. The van der Waals surface area contributed by atoms with Crippen molar-refractivity contribution >= 4 is 15.9 Å². The zero-order chi connectivity index (χ0) is 20.3. The summed E-state index contributed by atoms with van der Waals surface area (Å²) in [6, 6.07) is 1.76. The minimum absolute atomic E-state index is 0.0362. The summed E-state index contributed by atoms with van der Waals surface area (Å²) in [5.74, 6) is 0.650. The van der Waals surface area contributed by atoms with Crippen molar-refractivity contribution in [1.82, 2.24) is 29.1 Å². The highest BCUT2D eigenvalue weighted by Crippen LogP contribution is 2.45. The van der Waals surface area contributed by atoms with Crippen LogP contribution in [0.3, 0.4) is 0 Å². The molecule has 2 saturated heterocycles. The average molecular weight is 408 g/mol. The fourth-order valence-corrected chi connectivity index (χ4v) is 5.40. The van der Waals surface area contributed by atoms with Gasteiger partial charge in [0.15, 0.2) is 11.5 Å². The van der Waals surface area contributed by atoms with Crippen LogP contribution in [0.2, 0.25) is 0 Å². The first-order valence-corrected chi connectivity index (χ1v) is 10.9. The molecule has 10 nitrogen and oxygen atoms in total. The molecule has 0 saturated carbocycles. The van der Waals surface area contributed by atoms with Gasteiger partial charge in [0, 0.05) is 44.8 Å². The number of aromatic nitrogens is 4. The van der Waals surface area contributed by atoms with E-state index in [1.54, 1.807) is 36.5 Å². The number of hydrogen-bond donors (Lipinski definition) is 0. The van der Waals surface area contributed by atoms with Gasteiger partial charge in [-0.25, -0.2) is 12.7 Å². The predicted molar refractivity (Wildman–Crippen MR) is 99.1 cm³/mol. The van der Waals surface area contributed by atoms with Gasteiger partial charge in [-0.1, -0.05) is 5.16 Å². The van der Waals surface area contributed by atoms with Crippen molar-refractivity contribution in [2.45, 2.75) is 26.2 Å². The second-order valence-electron chi connectivity index (χ2n) is 7.67. The van der Waals surface area contributed by atoms with Crippen LogP contribution in [-0.2, 0) is 22.5 Å². The van der Waals surface area contributed by atoms with E-state index in [0.717, 1.165) is 5.69 Å². The van der Waals surface area contributed by atoms with E-state index < -0.39 is 15.4 Å². The second-order valence-corrected chi connectivity index (χ2v) is 9.93. The van der Waals surface area contributed by atoms with E-state index in [4.69, 9.17) is 4.52 Å². The quantitative estimate of drug-likeness (QED) is 0.704. The molecule has 2 fully saturated rings. The number of nitrogens with zero attached hydrogens (tertiary/aromatic N) is 6. The molecular weight excluding hydrogens is 384 g/mol. The molecule has 0 bridgehead atoms. The molecule has 152 valence electrons. The van der Waals surface area contributed by atoms with Crippen LogP contribution in [0.25, 0.3) is 0 Å². The topological polar surface area (TPSA) is 114 Å². The number of likely N-dealkylation sites (tertiary alicyclic amines) is 1. The van der Waals surface area contributed by atoms with Crippen molar-refractivity contribution in [3.8, 4) is 0 Å². The largest absolute Gasteiger partial charge is 0.339 e. The minimum Gasteiger partial charge on any atom is -0.339 e. The van der Waals surface area contributed by atoms with E-state index in [9.17, 15) is 13.2 Å². The fraction of sp³-hybridized carbons (Fsp3) is 0.647. The molecule has 4 rings (SSSR count). The highest BCUT2D eigenvalue weighted by Gasteiger charge is 2.59. The molecule has 2 aromatic rings. The van der Waals surface area contributed by atoms with Crippen LogP contribution in [0.1, 0.15) is 34.8 Å². The zero-order valence-corrected chi connectivity index (χ0v) is 17.2. The predicted octanol–water partition coefficient (Wildman–Crippen LogP) is 0.0952. The van der Waals surface area contributed by atoms with E-state index in [-0.39, 0.29) is 24.1 Å². The summed E-state index contributed by atoms with van der Waals surface area (Å²) in [5, 5.41) is 8.18. The van der Waals surface area contributed by atoms with Crippen LogP contribution in [0.5, 0.6) is 0 Å². The molecule has 1 amide bonds.